The molecule has 2 saturated carbocycles. The molecule has 106 valence electrons. The highest BCUT2D eigenvalue weighted by molar-refractivity contribution is 4.84. The second kappa shape index (κ2) is 6.36. The summed E-state index contributed by atoms with van der Waals surface area (Å²) in [6.07, 6.45) is 6.42. The summed E-state index contributed by atoms with van der Waals surface area (Å²) in [4.78, 5) is 2.36. The van der Waals surface area contributed by atoms with Crippen LogP contribution in [0.3, 0.4) is 0 Å². The van der Waals surface area contributed by atoms with Crippen LogP contribution in [0.4, 0.5) is 0 Å². The van der Waals surface area contributed by atoms with Gasteiger partial charge in [0.05, 0.1) is 12.2 Å². The van der Waals surface area contributed by atoms with Crippen molar-refractivity contribution in [3.8, 4) is 0 Å². The van der Waals surface area contributed by atoms with Crippen LogP contribution in [-0.4, -0.2) is 47.5 Å². The second-order valence-electron chi connectivity index (χ2n) is 6.63. The van der Waals surface area contributed by atoms with Crippen molar-refractivity contribution in [3.63, 3.8) is 0 Å². The number of aliphatic hydroxyl groups is 2. The molecule has 3 nitrogen and oxygen atoms in total. The molecule has 0 aromatic rings. The predicted octanol–water partition coefficient (Wildman–Crippen LogP) is 1.88. The highest BCUT2D eigenvalue weighted by Gasteiger charge is 2.31. The molecule has 2 rings (SSSR count). The number of rotatable bonds is 5. The van der Waals surface area contributed by atoms with Gasteiger partial charge in [0.15, 0.2) is 0 Å². The largest absolute Gasteiger partial charge is 0.393 e. The van der Waals surface area contributed by atoms with E-state index in [0.29, 0.717) is 11.8 Å². The van der Waals surface area contributed by atoms with Gasteiger partial charge in [-0.05, 0) is 56.9 Å². The Hall–Kier alpha value is -0.120. The van der Waals surface area contributed by atoms with Crippen LogP contribution in [-0.2, 0) is 0 Å². The first kappa shape index (κ1) is 14.3. The Bertz CT molecular complexity index is 253. The zero-order valence-corrected chi connectivity index (χ0v) is 11.9. The van der Waals surface area contributed by atoms with Gasteiger partial charge >= 0.3 is 0 Å². The van der Waals surface area contributed by atoms with Gasteiger partial charge in [0, 0.05) is 13.1 Å². The van der Waals surface area contributed by atoms with Gasteiger partial charge in [0.25, 0.3) is 0 Å². The summed E-state index contributed by atoms with van der Waals surface area (Å²) in [5.41, 5.74) is 0. The minimum atomic E-state index is -0.0952. The quantitative estimate of drug-likeness (QED) is 0.788. The monoisotopic (exact) mass is 255 g/mol. The summed E-state index contributed by atoms with van der Waals surface area (Å²) in [5.74, 6) is 1.95. The Morgan fingerprint density at radius 2 is 1.72 bits per heavy atom. The van der Waals surface area contributed by atoms with E-state index < -0.39 is 0 Å². The van der Waals surface area contributed by atoms with Gasteiger partial charge in [-0.1, -0.05) is 13.3 Å². The SMILES string of the molecule is CCC1CCC(O)C(CN(C)CC2CC(O)C2)C1. The number of nitrogens with zero attached hydrogens (tertiary/aromatic N) is 1. The van der Waals surface area contributed by atoms with Gasteiger partial charge in [0.1, 0.15) is 0 Å². The zero-order valence-electron chi connectivity index (χ0n) is 11.9. The lowest BCUT2D eigenvalue weighted by atomic mass is 9.77. The van der Waals surface area contributed by atoms with E-state index in [9.17, 15) is 10.2 Å². The molecule has 2 fully saturated rings. The van der Waals surface area contributed by atoms with Crippen LogP contribution in [0.15, 0.2) is 0 Å². The predicted molar refractivity (Wildman–Crippen MR) is 73.4 cm³/mol. The Kier molecular flexibility index (Phi) is 5.05. The van der Waals surface area contributed by atoms with Crippen LogP contribution in [0.25, 0.3) is 0 Å². The maximum Gasteiger partial charge on any atom is 0.0580 e. The fourth-order valence-corrected chi connectivity index (χ4v) is 3.68. The third-order valence-electron chi connectivity index (χ3n) is 4.96. The average molecular weight is 255 g/mol. The topological polar surface area (TPSA) is 43.7 Å². The molecule has 0 aromatic carbocycles. The van der Waals surface area contributed by atoms with Crippen LogP contribution in [0.1, 0.15) is 45.4 Å². The molecule has 3 atom stereocenters. The lowest BCUT2D eigenvalue weighted by Gasteiger charge is -2.38. The molecule has 0 spiro atoms. The summed E-state index contributed by atoms with van der Waals surface area (Å²) in [6.45, 7) is 4.36. The van der Waals surface area contributed by atoms with Gasteiger partial charge in [-0.15, -0.1) is 0 Å². The van der Waals surface area contributed by atoms with Crippen molar-refractivity contribution in [2.45, 2.75) is 57.7 Å². The molecule has 2 aliphatic carbocycles. The summed E-state index contributed by atoms with van der Waals surface area (Å²) < 4.78 is 0. The van der Waals surface area contributed by atoms with Crippen molar-refractivity contribution in [3.05, 3.63) is 0 Å². The van der Waals surface area contributed by atoms with E-state index >= 15 is 0 Å². The molecule has 2 N–H and O–H groups in total. The molecule has 0 bridgehead atoms. The van der Waals surface area contributed by atoms with Crippen LogP contribution in [0.5, 0.6) is 0 Å². The van der Waals surface area contributed by atoms with Gasteiger partial charge in [-0.25, -0.2) is 0 Å². The zero-order chi connectivity index (χ0) is 13.1. The van der Waals surface area contributed by atoms with Crippen LogP contribution in [0, 0.1) is 17.8 Å². The first-order chi connectivity index (χ1) is 8.58. The van der Waals surface area contributed by atoms with Gasteiger partial charge in [0.2, 0.25) is 0 Å². The molecule has 3 unspecified atom stereocenters. The molecule has 0 radical (unpaired) electrons. The van der Waals surface area contributed by atoms with E-state index in [2.05, 4.69) is 18.9 Å². The fourth-order valence-electron chi connectivity index (χ4n) is 3.68. The molecular formula is C15H29NO2. The van der Waals surface area contributed by atoms with Crippen LogP contribution >= 0.6 is 0 Å². The summed E-state index contributed by atoms with van der Waals surface area (Å²) >= 11 is 0. The lowest BCUT2D eigenvalue weighted by Crippen LogP contribution is -2.42. The maximum absolute atomic E-state index is 10.1. The minimum Gasteiger partial charge on any atom is -0.393 e. The van der Waals surface area contributed by atoms with Crippen molar-refractivity contribution in [1.82, 2.24) is 4.90 Å². The lowest BCUT2D eigenvalue weighted by molar-refractivity contribution is 0.00605. The van der Waals surface area contributed by atoms with Gasteiger partial charge in [-0.2, -0.15) is 0 Å². The van der Waals surface area contributed by atoms with E-state index in [0.717, 1.165) is 38.3 Å². The van der Waals surface area contributed by atoms with Crippen molar-refractivity contribution in [2.24, 2.45) is 17.8 Å². The molecule has 0 amide bonds. The molecule has 0 aliphatic heterocycles. The Labute approximate surface area is 111 Å². The minimum absolute atomic E-state index is 0.0480. The molecule has 0 heterocycles. The maximum atomic E-state index is 10.1. The highest BCUT2D eigenvalue weighted by atomic mass is 16.3. The number of aliphatic hydroxyl groups excluding tert-OH is 2. The van der Waals surface area contributed by atoms with E-state index in [1.54, 1.807) is 0 Å². The normalized spacial score (nSPS) is 40.8. The third-order valence-corrected chi connectivity index (χ3v) is 4.96. The van der Waals surface area contributed by atoms with E-state index in [-0.39, 0.29) is 12.2 Å². The molecule has 0 saturated heterocycles. The first-order valence-corrected chi connectivity index (χ1v) is 7.63. The van der Waals surface area contributed by atoms with Crippen molar-refractivity contribution >= 4 is 0 Å². The standard InChI is InChI=1S/C15H29NO2/c1-3-11-4-5-15(18)13(6-11)10-16(2)9-12-7-14(17)8-12/h11-15,17-18H,3-10H2,1-2H3. The van der Waals surface area contributed by atoms with Gasteiger partial charge in [-0.3, -0.25) is 0 Å². The third kappa shape index (κ3) is 3.69. The first-order valence-electron chi connectivity index (χ1n) is 7.63. The van der Waals surface area contributed by atoms with Crippen LogP contribution < -0.4 is 0 Å². The number of hydrogen-bond donors (Lipinski definition) is 2. The van der Waals surface area contributed by atoms with Crippen LogP contribution in [0.2, 0.25) is 0 Å². The van der Waals surface area contributed by atoms with E-state index in [1.165, 1.54) is 19.3 Å². The Morgan fingerprint density at radius 3 is 2.33 bits per heavy atom. The Morgan fingerprint density at radius 1 is 1.00 bits per heavy atom. The summed E-state index contributed by atoms with van der Waals surface area (Å²) in [7, 11) is 2.16. The fraction of sp³-hybridized carbons (Fsp3) is 1.00. The summed E-state index contributed by atoms with van der Waals surface area (Å²) in [5, 5.41) is 19.4. The van der Waals surface area contributed by atoms with Gasteiger partial charge < -0.3 is 15.1 Å². The molecule has 0 aromatic heterocycles. The smallest absolute Gasteiger partial charge is 0.0580 e. The molecule has 18 heavy (non-hydrogen) atoms. The molecular weight excluding hydrogens is 226 g/mol. The molecule has 2 aliphatic rings. The van der Waals surface area contributed by atoms with Crippen molar-refractivity contribution in [2.75, 3.05) is 20.1 Å². The summed E-state index contributed by atoms with van der Waals surface area (Å²) in [6, 6.07) is 0. The highest BCUT2D eigenvalue weighted by Crippen LogP contribution is 2.33. The second-order valence-corrected chi connectivity index (χ2v) is 6.63. The van der Waals surface area contributed by atoms with E-state index in [1.807, 2.05) is 0 Å². The molecule has 3 heteroatoms. The number of hydrogen-bond acceptors (Lipinski definition) is 3. The average Bonchev–Trinajstić information content (AvgIpc) is 2.30. The van der Waals surface area contributed by atoms with Crippen molar-refractivity contribution in [1.29, 1.82) is 0 Å². The van der Waals surface area contributed by atoms with E-state index in [4.69, 9.17) is 0 Å². The Balaban J connectivity index is 1.72. The van der Waals surface area contributed by atoms with Crippen molar-refractivity contribution < 1.29 is 10.2 Å².